The largest absolute Gasteiger partial charge is 0.453 e. The van der Waals surface area contributed by atoms with Gasteiger partial charge in [-0.25, -0.2) is 4.98 Å². The first-order valence-corrected chi connectivity index (χ1v) is 7.44. The van der Waals surface area contributed by atoms with Gasteiger partial charge in [0.25, 0.3) is 0 Å². The van der Waals surface area contributed by atoms with Crippen LogP contribution < -0.4 is 0 Å². The minimum atomic E-state index is 0.717. The van der Waals surface area contributed by atoms with E-state index >= 15 is 0 Å². The highest BCUT2D eigenvalue weighted by atomic mass is 16.3. The van der Waals surface area contributed by atoms with E-state index in [2.05, 4.69) is 22.1 Å². The van der Waals surface area contributed by atoms with Crippen LogP contribution in [0.5, 0.6) is 0 Å². The molecule has 0 aliphatic heterocycles. The van der Waals surface area contributed by atoms with Gasteiger partial charge in [-0.1, -0.05) is 30.3 Å². The van der Waals surface area contributed by atoms with E-state index in [1.807, 2.05) is 49.4 Å². The number of hydrogen-bond donors (Lipinski definition) is 1. The Morgan fingerprint density at radius 2 is 1.65 bits per heavy atom. The van der Waals surface area contributed by atoms with Crippen LogP contribution >= 0.6 is 0 Å². The summed E-state index contributed by atoms with van der Waals surface area (Å²) in [5.41, 5.74) is 4.00. The smallest absolute Gasteiger partial charge is 0.174 e. The van der Waals surface area contributed by atoms with Gasteiger partial charge >= 0.3 is 0 Å². The molecule has 0 saturated carbocycles. The van der Waals surface area contributed by atoms with Crippen LogP contribution in [0.2, 0.25) is 0 Å². The third kappa shape index (κ3) is 2.55. The lowest BCUT2D eigenvalue weighted by atomic mass is 10.1. The Kier molecular flexibility index (Phi) is 3.27. The quantitative estimate of drug-likeness (QED) is 0.596. The Balaban J connectivity index is 1.71. The van der Waals surface area contributed by atoms with Gasteiger partial charge in [-0.2, -0.15) is 0 Å². The number of nitrogens with zero attached hydrogens (tertiary/aromatic N) is 2. The number of H-pyrrole nitrogens is 1. The zero-order chi connectivity index (χ0) is 15.6. The van der Waals surface area contributed by atoms with E-state index in [-0.39, 0.29) is 0 Å². The van der Waals surface area contributed by atoms with Crippen molar-refractivity contribution in [3.05, 3.63) is 72.7 Å². The first-order chi connectivity index (χ1) is 11.3. The molecule has 0 bridgehead atoms. The van der Waals surface area contributed by atoms with Gasteiger partial charge in [0.1, 0.15) is 5.76 Å². The normalized spacial score (nSPS) is 10.8. The summed E-state index contributed by atoms with van der Waals surface area (Å²) in [6.07, 6.45) is 3.53. The lowest BCUT2D eigenvalue weighted by molar-refractivity contribution is 0.592. The molecule has 0 radical (unpaired) electrons. The summed E-state index contributed by atoms with van der Waals surface area (Å²) in [7, 11) is 0. The van der Waals surface area contributed by atoms with Gasteiger partial charge in [0.2, 0.25) is 0 Å². The highest BCUT2D eigenvalue weighted by Gasteiger charge is 2.13. The Morgan fingerprint density at radius 3 is 2.43 bits per heavy atom. The Morgan fingerprint density at radius 1 is 0.870 bits per heavy atom. The maximum atomic E-state index is 5.93. The number of benzene rings is 1. The summed E-state index contributed by atoms with van der Waals surface area (Å²) in [6, 6.07) is 17.8. The van der Waals surface area contributed by atoms with E-state index in [0.717, 1.165) is 34.1 Å². The summed E-state index contributed by atoms with van der Waals surface area (Å²) < 4.78 is 5.93. The van der Waals surface area contributed by atoms with Crippen LogP contribution in [0.15, 0.2) is 71.4 Å². The third-order valence-electron chi connectivity index (χ3n) is 3.72. The van der Waals surface area contributed by atoms with Crippen LogP contribution in [0, 0.1) is 6.92 Å². The number of furan rings is 1. The number of aryl methyl sites for hydroxylation is 1. The Labute approximate surface area is 133 Å². The van der Waals surface area contributed by atoms with E-state index in [4.69, 9.17) is 9.40 Å². The van der Waals surface area contributed by atoms with E-state index in [9.17, 15) is 0 Å². The molecule has 0 amide bonds. The van der Waals surface area contributed by atoms with Gasteiger partial charge in [0.05, 0.1) is 5.69 Å². The van der Waals surface area contributed by atoms with Crippen molar-refractivity contribution >= 4 is 0 Å². The van der Waals surface area contributed by atoms with E-state index in [1.54, 1.807) is 12.4 Å². The second kappa shape index (κ2) is 5.57. The molecular weight excluding hydrogens is 286 g/mol. The van der Waals surface area contributed by atoms with Crippen molar-refractivity contribution in [1.82, 2.24) is 15.0 Å². The molecule has 4 nitrogen and oxygen atoms in total. The van der Waals surface area contributed by atoms with Crippen LogP contribution in [0.3, 0.4) is 0 Å². The SMILES string of the molecule is Cc1[nH]c(-c2ccc(-c3cccnc3)o2)nc1-c1ccccc1. The van der Waals surface area contributed by atoms with Crippen molar-refractivity contribution in [2.24, 2.45) is 0 Å². The zero-order valence-electron chi connectivity index (χ0n) is 12.7. The molecule has 1 N–H and O–H groups in total. The molecular formula is C19H15N3O. The van der Waals surface area contributed by atoms with E-state index in [1.165, 1.54) is 0 Å². The molecule has 1 aromatic carbocycles. The molecule has 0 unspecified atom stereocenters. The predicted molar refractivity (Wildman–Crippen MR) is 89.7 cm³/mol. The summed E-state index contributed by atoms with van der Waals surface area (Å²) >= 11 is 0. The van der Waals surface area contributed by atoms with E-state index < -0.39 is 0 Å². The minimum Gasteiger partial charge on any atom is -0.453 e. The highest BCUT2D eigenvalue weighted by Crippen LogP contribution is 2.29. The summed E-state index contributed by atoms with van der Waals surface area (Å²) in [5.74, 6) is 2.23. The molecule has 0 saturated heterocycles. The molecule has 112 valence electrons. The molecule has 0 aliphatic rings. The van der Waals surface area contributed by atoms with Crippen molar-refractivity contribution in [2.45, 2.75) is 6.92 Å². The van der Waals surface area contributed by atoms with Gasteiger partial charge in [-0.05, 0) is 31.2 Å². The lowest BCUT2D eigenvalue weighted by Crippen LogP contribution is -1.79. The average Bonchev–Trinajstić information content (AvgIpc) is 3.23. The van der Waals surface area contributed by atoms with Crippen molar-refractivity contribution < 1.29 is 4.42 Å². The second-order valence-corrected chi connectivity index (χ2v) is 5.33. The average molecular weight is 301 g/mol. The number of aromatic amines is 1. The highest BCUT2D eigenvalue weighted by molar-refractivity contribution is 5.67. The van der Waals surface area contributed by atoms with E-state index in [0.29, 0.717) is 5.76 Å². The topological polar surface area (TPSA) is 54.7 Å². The standard InChI is InChI=1S/C19H15N3O/c1-13-18(14-6-3-2-4-7-14)22-19(21-13)17-10-9-16(23-17)15-8-5-11-20-12-15/h2-12H,1H3,(H,21,22). The second-order valence-electron chi connectivity index (χ2n) is 5.33. The fourth-order valence-corrected chi connectivity index (χ4v) is 2.58. The van der Waals surface area contributed by atoms with Crippen LogP contribution in [0.1, 0.15) is 5.69 Å². The first kappa shape index (κ1) is 13.5. The monoisotopic (exact) mass is 301 g/mol. The fourth-order valence-electron chi connectivity index (χ4n) is 2.58. The number of aromatic nitrogens is 3. The van der Waals surface area contributed by atoms with Crippen LogP contribution in [0.4, 0.5) is 0 Å². The van der Waals surface area contributed by atoms with Crippen molar-refractivity contribution in [2.75, 3.05) is 0 Å². The van der Waals surface area contributed by atoms with Gasteiger partial charge in [-0.3, -0.25) is 4.98 Å². The van der Waals surface area contributed by atoms with Crippen molar-refractivity contribution in [1.29, 1.82) is 0 Å². The molecule has 4 rings (SSSR count). The predicted octanol–water partition coefficient (Wildman–Crippen LogP) is 4.71. The lowest BCUT2D eigenvalue weighted by Gasteiger charge is -1.96. The van der Waals surface area contributed by atoms with Gasteiger partial charge < -0.3 is 9.40 Å². The number of pyridine rings is 1. The Hall–Kier alpha value is -3.14. The van der Waals surface area contributed by atoms with Crippen molar-refractivity contribution in [3.63, 3.8) is 0 Å². The van der Waals surface area contributed by atoms with Gasteiger partial charge in [0, 0.05) is 29.2 Å². The molecule has 3 aromatic heterocycles. The van der Waals surface area contributed by atoms with Crippen LogP contribution in [0.25, 0.3) is 34.2 Å². The maximum absolute atomic E-state index is 5.93. The van der Waals surface area contributed by atoms with Crippen molar-refractivity contribution in [3.8, 4) is 34.2 Å². The molecule has 0 fully saturated rings. The first-order valence-electron chi connectivity index (χ1n) is 7.44. The third-order valence-corrected chi connectivity index (χ3v) is 3.72. The number of rotatable bonds is 3. The molecule has 0 atom stereocenters. The molecule has 3 heterocycles. The van der Waals surface area contributed by atoms with Crippen LogP contribution in [-0.2, 0) is 0 Å². The summed E-state index contributed by atoms with van der Waals surface area (Å²) in [4.78, 5) is 12.1. The number of imidazole rings is 1. The fraction of sp³-hybridized carbons (Fsp3) is 0.0526. The van der Waals surface area contributed by atoms with Gasteiger partial charge in [-0.15, -0.1) is 0 Å². The molecule has 0 aliphatic carbocycles. The minimum absolute atomic E-state index is 0.717. The van der Waals surface area contributed by atoms with Crippen LogP contribution in [-0.4, -0.2) is 15.0 Å². The summed E-state index contributed by atoms with van der Waals surface area (Å²) in [5, 5.41) is 0. The summed E-state index contributed by atoms with van der Waals surface area (Å²) in [6.45, 7) is 2.02. The molecule has 4 aromatic rings. The number of hydrogen-bond acceptors (Lipinski definition) is 3. The zero-order valence-corrected chi connectivity index (χ0v) is 12.7. The molecule has 23 heavy (non-hydrogen) atoms. The maximum Gasteiger partial charge on any atom is 0.174 e. The number of nitrogens with one attached hydrogen (secondary N) is 1. The molecule has 0 spiro atoms. The Bertz CT molecular complexity index is 924. The molecule has 4 heteroatoms. The van der Waals surface area contributed by atoms with Gasteiger partial charge in [0.15, 0.2) is 11.6 Å².